The molecule has 0 aliphatic heterocycles. The molecule has 8 heteroatoms. The van der Waals surface area contributed by atoms with E-state index in [1.807, 2.05) is 6.07 Å². The summed E-state index contributed by atoms with van der Waals surface area (Å²) in [6, 6.07) is 13.1. The summed E-state index contributed by atoms with van der Waals surface area (Å²) in [4.78, 5) is 42.0. The number of hydrogen-bond donors (Lipinski definition) is 4. The number of para-hydroxylation sites is 1. The smallest absolute Gasteiger partial charge is 0.316 e. The molecule has 0 saturated carbocycles. The molecule has 3 rings (SSSR count). The molecule has 3 aromatic rings. The van der Waals surface area contributed by atoms with Crippen molar-refractivity contribution in [1.82, 2.24) is 9.97 Å². The van der Waals surface area contributed by atoms with Crippen LogP contribution in [0.4, 0.5) is 16.2 Å². The Kier molecular flexibility index (Phi) is 5.46. The number of aryl methyl sites for hydroxylation is 1. The van der Waals surface area contributed by atoms with E-state index in [9.17, 15) is 14.4 Å². The van der Waals surface area contributed by atoms with Gasteiger partial charge in [-0.05, 0) is 42.8 Å². The number of primary amides is 1. The highest BCUT2D eigenvalue weighted by Crippen LogP contribution is 2.14. The average molecular weight is 365 g/mol. The Labute approximate surface area is 154 Å². The monoisotopic (exact) mass is 365 g/mol. The molecule has 8 nitrogen and oxygen atoms in total. The van der Waals surface area contributed by atoms with E-state index in [1.165, 1.54) is 0 Å². The first-order chi connectivity index (χ1) is 13.0. The molecule has 138 valence electrons. The molecular formula is C19H19N5O3. The summed E-state index contributed by atoms with van der Waals surface area (Å²) in [5.41, 5.74) is 6.67. The molecule has 2 aromatic carbocycles. The maximum atomic E-state index is 12.1. The van der Waals surface area contributed by atoms with Crippen LogP contribution in [0.15, 0.2) is 53.3 Å². The van der Waals surface area contributed by atoms with Crippen LogP contribution in [0.2, 0.25) is 0 Å². The highest BCUT2D eigenvalue weighted by atomic mass is 16.2. The van der Waals surface area contributed by atoms with E-state index in [0.29, 0.717) is 40.9 Å². The van der Waals surface area contributed by atoms with E-state index in [0.717, 1.165) is 0 Å². The van der Waals surface area contributed by atoms with Crippen LogP contribution in [0.3, 0.4) is 0 Å². The Morgan fingerprint density at radius 1 is 1.00 bits per heavy atom. The number of benzene rings is 2. The Morgan fingerprint density at radius 3 is 2.37 bits per heavy atom. The average Bonchev–Trinajstić information content (AvgIpc) is 2.63. The van der Waals surface area contributed by atoms with Gasteiger partial charge in [-0.2, -0.15) is 0 Å². The lowest BCUT2D eigenvalue weighted by molar-refractivity contribution is -0.116. The van der Waals surface area contributed by atoms with Crippen molar-refractivity contribution in [2.24, 2.45) is 5.73 Å². The summed E-state index contributed by atoms with van der Waals surface area (Å²) in [6.07, 6.45) is 1.33. The Bertz CT molecular complexity index is 1030. The molecule has 0 radical (unpaired) electrons. The molecule has 0 aliphatic rings. The van der Waals surface area contributed by atoms with Gasteiger partial charge in [-0.3, -0.25) is 9.59 Å². The van der Waals surface area contributed by atoms with Gasteiger partial charge in [0, 0.05) is 24.2 Å². The van der Waals surface area contributed by atoms with E-state index in [-0.39, 0.29) is 17.9 Å². The number of aromatic amines is 1. The molecule has 1 aromatic heterocycles. The number of urea groups is 1. The van der Waals surface area contributed by atoms with Crippen molar-refractivity contribution in [3.63, 3.8) is 0 Å². The van der Waals surface area contributed by atoms with Crippen molar-refractivity contribution >= 4 is 34.2 Å². The van der Waals surface area contributed by atoms with Crippen molar-refractivity contribution in [2.45, 2.75) is 19.3 Å². The molecule has 0 aliphatic carbocycles. The quantitative estimate of drug-likeness (QED) is 0.534. The van der Waals surface area contributed by atoms with Crippen LogP contribution in [-0.2, 0) is 11.2 Å². The number of fused-ring (bicyclic) bond motifs is 1. The number of carbonyl (C=O) groups is 2. The third-order valence-electron chi connectivity index (χ3n) is 3.92. The number of amides is 3. The molecule has 0 atom stereocenters. The Morgan fingerprint density at radius 2 is 1.67 bits per heavy atom. The molecule has 1 heterocycles. The Balaban J connectivity index is 1.52. The van der Waals surface area contributed by atoms with Crippen LogP contribution in [0.1, 0.15) is 18.7 Å². The maximum Gasteiger partial charge on any atom is 0.316 e. The SMILES string of the molecule is NC(=O)Nc1ccc(NC(=O)CCCc2nc3ccccc3c(=O)[nH]2)cc1. The lowest BCUT2D eigenvalue weighted by atomic mass is 10.2. The van der Waals surface area contributed by atoms with Crippen LogP contribution in [0.25, 0.3) is 10.9 Å². The summed E-state index contributed by atoms with van der Waals surface area (Å²) < 4.78 is 0. The number of anilines is 2. The number of hydrogen-bond acceptors (Lipinski definition) is 4. The first kappa shape index (κ1) is 18.1. The molecular weight excluding hydrogens is 346 g/mol. The minimum absolute atomic E-state index is 0.145. The number of aromatic nitrogens is 2. The largest absolute Gasteiger partial charge is 0.351 e. The van der Waals surface area contributed by atoms with Gasteiger partial charge in [0.25, 0.3) is 5.56 Å². The second-order valence-corrected chi connectivity index (χ2v) is 6.00. The topological polar surface area (TPSA) is 130 Å². The second kappa shape index (κ2) is 8.13. The summed E-state index contributed by atoms with van der Waals surface area (Å²) >= 11 is 0. The third-order valence-corrected chi connectivity index (χ3v) is 3.92. The van der Waals surface area contributed by atoms with Gasteiger partial charge in [0.2, 0.25) is 5.91 Å². The van der Waals surface area contributed by atoms with E-state index in [2.05, 4.69) is 20.6 Å². The Hall–Kier alpha value is -3.68. The van der Waals surface area contributed by atoms with Gasteiger partial charge in [-0.25, -0.2) is 9.78 Å². The van der Waals surface area contributed by atoms with E-state index in [1.54, 1.807) is 42.5 Å². The standard InChI is InChI=1S/C19H19N5O3/c20-19(27)22-13-10-8-12(9-11-13)21-17(25)7-3-6-16-23-15-5-2-1-4-14(15)18(26)24-16/h1-2,4-5,8-11H,3,6-7H2,(H,21,25)(H3,20,22,27)(H,23,24,26). The number of nitrogens with zero attached hydrogens (tertiary/aromatic N) is 1. The van der Waals surface area contributed by atoms with Gasteiger partial charge in [-0.1, -0.05) is 12.1 Å². The fourth-order valence-electron chi connectivity index (χ4n) is 2.67. The zero-order chi connectivity index (χ0) is 19.2. The number of nitrogens with one attached hydrogen (secondary N) is 3. The van der Waals surface area contributed by atoms with E-state index in [4.69, 9.17) is 5.73 Å². The zero-order valence-corrected chi connectivity index (χ0v) is 14.5. The summed E-state index contributed by atoms with van der Waals surface area (Å²) in [5.74, 6) is 0.419. The van der Waals surface area contributed by atoms with Crippen molar-refractivity contribution in [3.8, 4) is 0 Å². The highest BCUT2D eigenvalue weighted by molar-refractivity contribution is 5.92. The maximum absolute atomic E-state index is 12.1. The van der Waals surface area contributed by atoms with E-state index >= 15 is 0 Å². The summed E-state index contributed by atoms with van der Waals surface area (Å²) in [5, 5.41) is 5.77. The lowest BCUT2D eigenvalue weighted by Crippen LogP contribution is -2.19. The van der Waals surface area contributed by atoms with E-state index < -0.39 is 6.03 Å². The normalized spacial score (nSPS) is 10.5. The van der Waals surface area contributed by atoms with Crippen molar-refractivity contribution in [3.05, 3.63) is 64.7 Å². The lowest BCUT2D eigenvalue weighted by Gasteiger charge is -2.07. The predicted octanol–water partition coefficient (Wildman–Crippen LogP) is 2.38. The van der Waals surface area contributed by atoms with Crippen LogP contribution >= 0.6 is 0 Å². The predicted molar refractivity (Wildman–Crippen MR) is 104 cm³/mol. The molecule has 0 unspecified atom stereocenters. The molecule has 27 heavy (non-hydrogen) atoms. The van der Waals surface area contributed by atoms with Crippen LogP contribution in [0.5, 0.6) is 0 Å². The van der Waals surface area contributed by atoms with Crippen molar-refractivity contribution < 1.29 is 9.59 Å². The number of rotatable bonds is 6. The number of carbonyl (C=O) groups excluding carboxylic acids is 2. The molecule has 0 spiro atoms. The van der Waals surface area contributed by atoms with Gasteiger partial charge in [0.1, 0.15) is 5.82 Å². The van der Waals surface area contributed by atoms with Crippen LogP contribution in [-0.4, -0.2) is 21.9 Å². The number of H-pyrrole nitrogens is 1. The minimum Gasteiger partial charge on any atom is -0.351 e. The van der Waals surface area contributed by atoms with Crippen LogP contribution in [0, 0.1) is 0 Å². The van der Waals surface area contributed by atoms with Gasteiger partial charge < -0.3 is 21.4 Å². The second-order valence-electron chi connectivity index (χ2n) is 6.00. The first-order valence-electron chi connectivity index (χ1n) is 8.45. The first-order valence-corrected chi connectivity index (χ1v) is 8.45. The summed E-state index contributed by atoms with van der Waals surface area (Å²) in [7, 11) is 0. The minimum atomic E-state index is -0.646. The molecule has 0 fully saturated rings. The summed E-state index contributed by atoms with van der Waals surface area (Å²) in [6.45, 7) is 0. The molecule has 3 amide bonds. The van der Waals surface area contributed by atoms with Crippen LogP contribution < -0.4 is 21.9 Å². The van der Waals surface area contributed by atoms with Crippen molar-refractivity contribution in [1.29, 1.82) is 0 Å². The molecule has 0 saturated heterocycles. The van der Waals surface area contributed by atoms with Gasteiger partial charge >= 0.3 is 6.03 Å². The number of nitrogens with two attached hydrogens (primary N) is 1. The molecule has 0 bridgehead atoms. The zero-order valence-electron chi connectivity index (χ0n) is 14.5. The fraction of sp³-hybridized carbons (Fsp3) is 0.158. The van der Waals surface area contributed by atoms with Gasteiger partial charge in [-0.15, -0.1) is 0 Å². The highest BCUT2D eigenvalue weighted by Gasteiger charge is 2.06. The van der Waals surface area contributed by atoms with Crippen molar-refractivity contribution in [2.75, 3.05) is 10.6 Å². The fourth-order valence-corrected chi connectivity index (χ4v) is 2.67. The molecule has 5 N–H and O–H groups in total. The third kappa shape index (κ3) is 4.91. The van der Waals surface area contributed by atoms with Gasteiger partial charge in [0.15, 0.2) is 0 Å². The van der Waals surface area contributed by atoms with Gasteiger partial charge in [0.05, 0.1) is 10.9 Å².